The van der Waals surface area contributed by atoms with Crippen LogP contribution in [0.25, 0.3) is 11.3 Å². The van der Waals surface area contributed by atoms with Crippen molar-refractivity contribution in [2.75, 3.05) is 19.9 Å². The zero-order valence-corrected chi connectivity index (χ0v) is 16.3. The molecule has 0 radical (unpaired) electrons. The highest BCUT2D eigenvalue weighted by Gasteiger charge is 2.24. The molecule has 26 heavy (non-hydrogen) atoms. The van der Waals surface area contributed by atoms with Crippen molar-refractivity contribution in [1.29, 1.82) is 0 Å². The van der Waals surface area contributed by atoms with E-state index in [-0.39, 0.29) is 0 Å². The predicted molar refractivity (Wildman–Crippen MR) is 103 cm³/mol. The van der Waals surface area contributed by atoms with Gasteiger partial charge in [0.15, 0.2) is 0 Å². The van der Waals surface area contributed by atoms with Gasteiger partial charge in [-0.25, -0.2) is 18.1 Å². The molecule has 1 aliphatic rings. The molecule has 1 fully saturated rings. The zero-order valence-electron chi connectivity index (χ0n) is 15.4. The second-order valence-electron chi connectivity index (χ2n) is 6.90. The lowest BCUT2D eigenvalue weighted by molar-refractivity contribution is 0.415. The number of nitrogens with one attached hydrogen (secondary N) is 1. The van der Waals surface area contributed by atoms with Crippen molar-refractivity contribution >= 4 is 10.0 Å². The van der Waals surface area contributed by atoms with Crippen molar-refractivity contribution in [2.45, 2.75) is 44.6 Å². The topological polar surface area (TPSA) is 73.2 Å². The number of nitrogens with zero attached hydrogens (tertiary/aromatic N) is 2. The first-order chi connectivity index (χ1) is 12.5. The molecule has 0 atom stereocenters. The lowest BCUT2D eigenvalue weighted by Gasteiger charge is -2.24. The second kappa shape index (κ2) is 8.22. The van der Waals surface area contributed by atoms with E-state index in [1.165, 1.54) is 31.2 Å². The fourth-order valence-corrected chi connectivity index (χ4v) is 4.16. The first kappa shape index (κ1) is 18.9. The van der Waals surface area contributed by atoms with E-state index in [0.29, 0.717) is 19.0 Å². The summed E-state index contributed by atoms with van der Waals surface area (Å²) in [4.78, 5) is 4.68. The molecule has 7 heteroatoms. The molecular formula is C19H27N3O3S. The standard InChI is InChI=1S/C19H27N3O3S/c1-25-17-10-8-15(9-11-17)18-19(16-6-4-3-5-7-16)22(14-20-18)13-12-21-26(2,23)24/h8-11,14,16,21H,3-7,12-13H2,1-2H3. The maximum absolute atomic E-state index is 11.3. The Morgan fingerprint density at radius 3 is 2.50 bits per heavy atom. The van der Waals surface area contributed by atoms with Crippen LogP contribution in [0, 0.1) is 0 Å². The van der Waals surface area contributed by atoms with Crippen LogP contribution < -0.4 is 9.46 Å². The maximum Gasteiger partial charge on any atom is 0.208 e. The molecule has 2 aromatic rings. The number of rotatable bonds is 7. The summed E-state index contributed by atoms with van der Waals surface area (Å²) < 4.78 is 32.6. The van der Waals surface area contributed by atoms with E-state index in [2.05, 4.69) is 14.3 Å². The maximum atomic E-state index is 11.3. The van der Waals surface area contributed by atoms with Crippen LogP contribution in [0.4, 0.5) is 0 Å². The number of ether oxygens (including phenoxy) is 1. The third kappa shape index (κ3) is 4.65. The van der Waals surface area contributed by atoms with E-state index >= 15 is 0 Å². The zero-order chi connectivity index (χ0) is 18.6. The number of benzene rings is 1. The number of imidazole rings is 1. The highest BCUT2D eigenvalue weighted by Crippen LogP contribution is 2.38. The van der Waals surface area contributed by atoms with Gasteiger partial charge < -0.3 is 9.30 Å². The SMILES string of the molecule is COc1ccc(-c2ncn(CCNS(C)(=O)=O)c2C2CCCCC2)cc1. The molecule has 0 amide bonds. The average molecular weight is 378 g/mol. The Labute approximate surface area is 155 Å². The van der Waals surface area contributed by atoms with Crippen LogP contribution in [0.3, 0.4) is 0 Å². The Morgan fingerprint density at radius 2 is 1.88 bits per heavy atom. The Kier molecular flexibility index (Phi) is 5.98. The smallest absolute Gasteiger partial charge is 0.208 e. The van der Waals surface area contributed by atoms with Crippen LogP contribution in [0.1, 0.15) is 43.7 Å². The summed E-state index contributed by atoms with van der Waals surface area (Å²) in [6.45, 7) is 0.957. The van der Waals surface area contributed by atoms with Crippen molar-refractivity contribution < 1.29 is 13.2 Å². The molecule has 3 rings (SSSR count). The van der Waals surface area contributed by atoms with E-state index in [4.69, 9.17) is 4.74 Å². The Hall–Kier alpha value is -1.86. The quantitative estimate of drug-likeness (QED) is 0.804. The minimum Gasteiger partial charge on any atom is -0.497 e. The van der Waals surface area contributed by atoms with Gasteiger partial charge in [0.1, 0.15) is 5.75 Å². The molecule has 1 aromatic carbocycles. The molecule has 0 unspecified atom stereocenters. The van der Waals surface area contributed by atoms with Crippen LogP contribution >= 0.6 is 0 Å². The molecule has 1 aliphatic carbocycles. The largest absolute Gasteiger partial charge is 0.497 e. The Morgan fingerprint density at radius 1 is 1.19 bits per heavy atom. The Bertz CT molecular complexity index is 822. The monoisotopic (exact) mass is 377 g/mol. The normalized spacial score (nSPS) is 15.9. The Balaban J connectivity index is 1.90. The lowest BCUT2D eigenvalue weighted by atomic mass is 9.85. The summed E-state index contributed by atoms with van der Waals surface area (Å²) >= 11 is 0. The summed E-state index contributed by atoms with van der Waals surface area (Å²) in [5, 5.41) is 0. The van der Waals surface area contributed by atoms with Crippen LogP contribution in [0.15, 0.2) is 30.6 Å². The number of hydrogen-bond acceptors (Lipinski definition) is 4. The highest BCUT2D eigenvalue weighted by atomic mass is 32.2. The molecule has 1 aromatic heterocycles. The van der Waals surface area contributed by atoms with Gasteiger partial charge in [0.25, 0.3) is 0 Å². The van der Waals surface area contributed by atoms with Gasteiger partial charge >= 0.3 is 0 Å². The van der Waals surface area contributed by atoms with E-state index in [0.717, 1.165) is 29.8 Å². The molecule has 6 nitrogen and oxygen atoms in total. The molecule has 1 saturated carbocycles. The van der Waals surface area contributed by atoms with Crippen LogP contribution in [0.5, 0.6) is 5.75 Å². The fraction of sp³-hybridized carbons (Fsp3) is 0.526. The van der Waals surface area contributed by atoms with Crippen molar-refractivity contribution in [1.82, 2.24) is 14.3 Å². The molecule has 0 bridgehead atoms. The first-order valence-corrected chi connectivity index (χ1v) is 11.0. The number of sulfonamides is 1. The third-order valence-corrected chi connectivity index (χ3v) is 5.68. The molecule has 0 saturated heterocycles. The number of methoxy groups -OCH3 is 1. The average Bonchev–Trinajstić information content (AvgIpc) is 3.05. The van der Waals surface area contributed by atoms with Gasteiger partial charge in [0.2, 0.25) is 10.0 Å². The summed E-state index contributed by atoms with van der Waals surface area (Å²) in [6, 6.07) is 7.97. The molecule has 1 N–H and O–H groups in total. The van der Waals surface area contributed by atoms with Crippen molar-refractivity contribution in [3.8, 4) is 17.0 Å². The van der Waals surface area contributed by atoms with E-state index < -0.39 is 10.0 Å². The van der Waals surface area contributed by atoms with Crippen LogP contribution in [-0.2, 0) is 16.6 Å². The molecular weight excluding hydrogens is 350 g/mol. The second-order valence-corrected chi connectivity index (χ2v) is 8.73. The van der Waals surface area contributed by atoms with Crippen molar-refractivity contribution in [3.63, 3.8) is 0 Å². The third-order valence-electron chi connectivity index (χ3n) is 4.95. The lowest BCUT2D eigenvalue weighted by Crippen LogP contribution is -2.26. The van der Waals surface area contributed by atoms with Gasteiger partial charge in [-0.15, -0.1) is 0 Å². The van der Waals surface area contributed by atoms with E-state index in [1.54, 1.807) is 7.11 Å². The minimum atomic E-state index is -3.18. The summed E-state index contributed by atoms with van der Waals surface area (Å²) in [7, 11) is -1.52. The van der Waals surface area contributed by atoms with Gasteiger partial charge in [-0.1, -0.05) is 19.3 Å². The summed E-state index contributed by atoms with van der Waals surface area (Å²) in [5.74, 6) is 1.30. The van der Waals surface area contributed by atoms with Crippen LogP contribution in [0.2, 0.25) is 0 Å². The summed E-state index contributed by atoms with van der Waals surface area (Å²) in [5.41, 5.74) is 3.30. The van der Waals surface area contributed by atoms with Gasteiger partial charge in [0, 0.05) is 30.3 Å². The molecule has 0 aliphatic heterocycles. The van der Waals surface area contributed by atoms with Gasteiger partial charge in [-0.05, 0) is 37.1 Å². The predicted octanol–water partition coefficient (Wildman–Crippen LogP) is 3.16. The number of hydrogen-bond donors (Lipinski definition) is 1. The molecule has 142 valence electrons. The molecule has 1 heterocycles. The molecule has 0 spiro atoms. The van der Waals surface area contributed by atoms with E-state index in [1.807, 2.05) is 30.6 Å². The first-order valence-electron chi connectivity index (χ1n) is 9.12. The van der Waals surface area contributed by atoms with Crippen molar-refractivity contribution in [3.05, 3.63) is 36.3 Å². The van der Waals surface area contributed by atoms with Gasteiger partial charge in [-0.3, -0.25) is 0 Å². The van der Waals surface area contributed by atoms with Gasteiger partial charge in [0.05, 0.1) is 25.4 Å². The van der Waals surface area contributed by atoms with E-state index in [9.17, 15) is 8.42 Å². The summed E-state index contributed by atoms with van der Waals surface area (Å²) in [6.07, 6.45) is 9.11. The highest BCUT2D eigenvalue weighted by molar-refractivity contribution is 7.88. The number of aromatic nitrogens is 2. The van der Waals surface area contributed by atoms with Gasteiger partial charge in [-0.2, -0.15) is 0 Å². The van der Waals surface area contributed by atoms with Crippen LogP contribution in [-0.4, -0.2) is 37.9 Å². The minimum absolute atomic E-state index is 0.372. The van der Waals surface area contributed by atoms with Crippen molar-refractivity contribution in [2.24, 2.45) is 0 Å². The fourth-order valence-electron chi connectivity index (χ4n) is 3.70.